The van der Waals surface area contributed by atoms with Gasteiger partial charge in [-0.25, -0.2) is 17.9 Å². The molecule has 0 aliphatic heterocycles. The zero-order valence-corrected chi connectivity index (χ0v) is 19.6. The second-order valence-electron chi connectivity index (χ2n) is 8.84. The van der Waals surface area contributed by atoms with Gasteiger partial charge in [-0.15, -0.1) is 0 Å². The van der Waals surface area contributed by atoms with Crippen LogP contribution in [-0.2, 0) is 27.9 Å². The van der Waals surface area contributed by atoms with Gasteiger partial charge in [0.1, 0.15) is 6.54 Å². The number of hydrogen-bond donors (Lipinski definition) is 2. The van der Waals surface area contributed by atoms with Crippen molar-refractivity contribution in [2.45, 2.75) is 57.1 Å². The summed E-state index contributed by atoms with van der Waals surface area (Å²) in [7, 11) is -3.81. The Morgan fingerprint density at radius 1 is 1.12 bits per heavy atom. The Balaban J connectivity index is 1.49. The van der Waals surface area contributed by atoms with Crippen molar-refractivity contribution in [3.05, 3.63) is 64.6 Å². The molecule has 1 aromatic heterocycles. The lowest BCUT2D eigenvalue weighted by molar-refractivity contribution is -0.123. The van der Waals surface area contributed by atoms with Crippen LogP contribution in [0.4, 0.5) is 0 Å². The third-order valence-electron chi connectivity index (χ3n) is 6.61. The number of nitrogens with zero attached hydrogens (tertiary/aromatic N) is 1. The van der Waals surface area contributed by atoms with Crippen LogP contribution in [0.15, 0.2) is 62.6 Å². The van der Waals surface area contributed by atoms with Crippen molar-refractivity contribution < 1.29 is 17.6 Å². The van der Waals surface area contributed by atoms with Crippen molar-refractivity contribution in [2.75, 3.05) is 0 Å². The van der Waals surface area contributed by atoms with Gasteiger partial charge in [-0.05, 0) is 36.0 Å². The summed E-state index contributed by atoms with van der Waals surface area (Å²) in [6, 6.07) is 13.5. The molecule has 2 N–H and O–H groups in total. The first-order valence-electron chi connectivity index (χ1n) is 11.2. The molecule has 0 unspecified atom stereocenters. The Bertz CT molecular complexity index is 1300. The molecule has 0 spiro atoms. The zero-order valence-electron chi connectivity index (χ0n) is 18.8. The van der Waals surface area contributed by atoms with Gasteiger partial charge < -0.3 is 9.73 Å². The predicted octanol–water partition coefficient (Wildman–Crippen LogP) is 3.01. The summed E-state index contributed by atoms with van der Waals surface area (Å²) in [5.41, 5.74) is 1.32. The van der Waals surface area contributed by atoms with Gasteiger partial charge in [0, 0.05) is 18.7 Å². The van der Waals surface area contributed by atoms with E-state index >= 15 is 0 Å². The van der Waals surface area contributed by atoms with Gasteiger partial charge in [-0.2, -0.15) is 0 Å². The second kappa shape index (κ2) is 9.52. The highest BCUT2D eigenvalue weighted by molar-refractivity contribution is 7.89. The van der Waals surface area contributed by atoms with Gasteiger partial charge in [-0.1, -0.05) is 57.0 Å². The van der Waals surface area contributed by atoms with E-state index in [1.807, 2.05) is 30.3 Å². The fourth-order valence-electron chi connectivity index (χ4n) is 4.40. The van der Waals surface area contributed by atoms with E-state index in [1.165, 1.54) is 22.8 Å². The minimum atomic E-state index is -3.81. The monoisotopic (exact) mass is 471 g/mol. The number of carbonyl (C=O) groups excluding carboxylic acids is 1. The highest BCUT2D eigenvalue weighted by Gasteiger charge is 2.28. The Kier molecular flexibility index (Phi) is 6.71. The van der Waals surface area contributed by atoms with Gasteiger partial charge >= 0.3 is 5.76 Å². The average Bonchev–Trinajstić information content (AvgIpc) is 3.10. The third-order valence-corrected chi connectivity index (χ3v) is 8.01. The highest BCUT2D eigenvalue weighted by atomic mass is 32.2. The fraction of sp³-hybridized carbons (Fsp3) is 0.417. The smallest absolute Gasteiger partial charge is 0.408 e. The topological polar surface area (TPSA) is 110 Å². The Morgan fingerprint density at radius 2 is 1.88 bits per heavy atom. The number of carbonyl (C=O) groups is 1. The first-order chi connectivity index (χ1) is 15.7. The minimum Gasteiger partial charge on any atom is -0.408 e. The molecule has 2 aromatic carbocycles. The minimum absolute atomic E-state index is 0.0127. The lowest BCUT2D eigenvalue weighted by atomic mass is 9.78. The Hall–Kier alpha value is -2.91. The molecule has 1 aliphatic carbocycles. The van der Waals surface area contributed by atoms with Crippen molar-refractivity contribution in [2.24, 2.45) is 11.8 Å². The van der Waals surface area contributed by atoms with Crippen molar-refractivity contribution >= 4 is 27.0 Å². The van der Waals surface area contributed by atoms with Crippen LogP contribution in [0.25, 0.3) is 11.1 Å². The number of oxazole rings is 1. The molecule has 1 amide bonds. The van der Waals surface area contributed by atoms with Gasteiger partial charge in [0.25, 0.3) is 0 Å². The molecule has 1 heterocycles. The van der Waals surface area contributed by atoms with Crippen molar-refractivity contribution in [3.63, 3.8) is 0 Å². The SMILES string of the molecule is C[C@H]1[C@H](C)CCC[C@H]1NC(=O)Cn1c(=O)oc2cc(S(=O)(=O)NCc3ccccc3)ccc21. The lowest BCUT2D eigenvalue weighted by Crippen LogP contribution is -2.45. The van der Waals surface area contributed by atoms with Crippen molar-refractivity contribution in [1.29, 1.82) is 0 Å². The molecule has 3 atom stereocenters. The van der Waals surface area contributed by atoms with Crippen LogP contribution >= 0.6 is 0 Å². The summed E-state index contributed by atoms with van der Waals surface area (Å²) in [5, 5.41) is 3.05. The van der Waals surface area contributed by atoms with E-state index in [0.717, 1.165) is 24.8 Å². The number of hydrogen-bond acceptors (Lipinski definition) is 5. The quantitative estimate of drug-likeness (QED) is 0.550. The Morgan fingerprint density at radius 3 is 2.64 bits per heavy atom. The number of fused-ring (bicyclic) bond motifs is 1. The maximum Gasteiger partial charge on any atom is 0.420 e. The van der Waals surface area contributed by atoms with Crippen LogP contribution in [-0.4, -0.2) is 24.9 Å². The second-order valence-corrected chi connectivity index (χ2v) is 10.6. The van der Waals surface area contributed by atoms with Crippen LogP contribution in [0.3, 0.4) is 0 Å². The molecule has 8 nitrogen and oxygen atoms in total. The van der Waals surface area contributed by atoms with Crippen LogP contribution < -0.4 is 15.8 Å². The van der Waals surface area contributed by atoms with Gasteiger partial charge in [0.15, 0.2) is 5.58 Å². The fourth-order valence-corrected chi connectivity index (χ4v) is 5.44. The molecule has 9 heteroatoms. The molecule has 1 fully saturated rings. The average molecular weight is 472 g/mol. The van der Waals surface area contributed by atoms with E-state index in [2.05, 4.69) is 23.9 Å². The third kappa shape index (κ3) is 5.20. The first-order valence-corrected chi connectivity index (χ1v) is 12.7. The van der Waals surface area contributed by atoms with Crippen LogP contribution in [0.1, 0.15) is 38.7 Å². The van der Waals surface area contributed by atoms with Crippen LogP contribution in [0, 0.1) is 11.8 Å². The predicted molar refractivity (Wildman–Crippen MR) is 125 cm³/mol. The van der Waals surface area contributed by atoms with Gasteiger partial charge in [-0.3, -0.25) is 9.36 Å². The number of aromatic nitrogens is 1. The number of nitrogens with one attached hydrogen (secondary N) is 2. The molecule has 1 aliphatic rings. The number of benzene rings is 2. The maximum atomic E-state index is 12.7. The lowest BCUT2D eigenvalue weighted by Gasteiger charge is -2.34. The van der Waals surface area contributed by atoms with Crippen molar-refractivity contribution in [1.82, 2.24) is 14.6 Å². The normalized spacial score (nSPS) is 21.2. The van der Waals surface area contributed by atoms with Gasteiger partial charge in [0.2, 0.25) is 15.9 Å². The Labute approximate surface area is 193 Å². The molecule has 3 aromatic rings. The number of amides is 1. The summed E-state index contributed by atoms with van der Waals surface area (Å²) in [6.45, 7) is 4.30. The van der Waals surface area contributed by atoms with E-state index < -0.39 is 15.8 Å². The molecule has 33 heavy (non-hydrogen) atoms. The summed E-state index contributed by atoms with van der Waals surface area (Å²) < 4.78 is 34.4. The number of sulfonamides is 1. The number of rotatable bonds is 7. The molecule has 176 valence electrons. The van der Waals surface area contributed by atoms with E-state index in [9.17, 15) is 18.0 Å². The zero-order chi connectivity index (χ0) is 23.6. The van der Waals surface area contributed by atoms with E-state index in [0.29, 0.717) is 17.4 Å². The maximum absolute atomic E-state index is 12.7. The highest BCUT2D eigenvalue weighted by Crippen LogP contribution is 2.29. The van der Waals surface area contributed by atoms with E-state index in [1.54, 1.807) is 0 Å². The van der Waals surface area contributed by atoms with Crippen LogP contribution in [0.5, 0.6) is 0 Å². The largest absolute Gasteiger partial charge is 0.420 e. The van der Waals surface area contributed by atoms with E-state index in [-0.39, 0.29) is 35.5 Å². The molecule has 1 saturated carbocycles. The molecular weight excluding hydrogens is 442 g/mol. The van der Waals surface area contributed by atoms with Gasteiger partial charge in [0.05, 0.1) is 10.4 Å². The standard InChI is InChI=1S/C24H29N3O5S/c1-16-7-6-10-20(17(16)2)26-23(28)15-27-21-12-11-19(13-22(21)32-24(27)29)33(30,31)25-14-18-8-4-3-5-9-18/h3-5,8-9,11-13,16-17,20,25H,6-7,10,14-15H2,1-2H3,(H,26,28)/t16-,17+,20-/m1/s1. The molecule has 4 rings (SSSR count). The van der Waals surface area contributed by atoms with E-state index in [4.69, 9.17) is 4.42 Å². The molecule has 0 radical (unpaired) electrons. The molecule has 0 bridgehead atoms. The molecule has 0 saturated heterocycles. The first kappa shape index (κ1) is 23.3. The van der Waals surface area contributed by atoms with Crippen LogP contribution in [0.2, 0.25) is 0 Å². The summed E-state index contributed by atoms with van der Waals surface area (Å²) in [4.78, 5) is 25.0. The summed E-state index contributed by atoms with van der Waals surface area (Å²) in [5.74, 6) is -0.0435. The summed E-state index contributed by atoms with van der Waals surface area (Å²) >= 11 is 0. The summed E-state index contributed by atoms with van der Waals surface area (Å²) in [6.07, 6.45) is 3.15. The molecular formula is C24H29N3O5S. The van der Waals surface area contributed by atoms with Crippen molar-refractivity contribution in [3.8, 4) is 0 Å².